The molecule has 168 valence electrons. The molecule has 0 aromatic rings. The van der Waals surface area contributed by atoms with Crippen LogP contribution in [-0.4, -0.2) is 71.8 Å². The van der Waals surface area contributed by atoms with E-state index in [1.54, 1.807) is 0 Å². The van der Waals surface area contributed by atoms with Crippen LogP contribution in [0.25, 0.3) is 0 Å². The molecule has 0 aromatic heterocycles. The summed E-state index contributed by atoms with van der Waals surface area (Å²) in [5.74, 6) is -3.30. The van der Waals surface area contributed by atoms with E-state index < -0.39 is 42.0 Å². The van der Waals surface area contributed by atoms with Crippen molar-refractivity contribution in [3.63, 3.8) is 0 Å². The van der Waals surface area contributed by atoms with E-state index in [9.17, 15) is 24.0 Å². The highest BCUT2D eigenvalue weighted by Gasteiger charge is 2.33. The summed E-state index contributed by atoms with van der Waals surface area (Å²) in [5.41, 5.74) is -0.233. The van der Waals surface area contributed by atoms with Crippen molar-refractivity contribution >= 4 is 29.6 Å². The number of likely N-dealkylation sites (tertiary alicyclic amines) is 1. The van der Waals surface area contributed by atoms with Gasteiger partial charge in [-0.15, -0.1) is 5.06 Å². The first-order chi connectivity index (χ1) is 15.2. The van der Waals surface area contributed by atoms with E-state index in [0.717, 1.165) is 0 Å². The van der Waals surface area contributed by atoms with Crippen molar-refractivity contribution in [2.45, 2.75) is 65.3 Å². The molecule has 2 rings (SSSR count). The summed E-state index contributed by atoms with van der Waals surface area (Å²) in [7, 11) is 0. The monoisotopic (exact) mass is 427 g/mol. The van der Waals surface area contributed by atoms with Gasteiger partial charge in [-0.25, -0.2) is 4.79 Å². The zero-order valence-electron chi connectivity index (χ0n) is 20.7. The predicted molar refractivity (Wildman–Crippen MR) is 106 cm³/mol. The molecule has 2 aliphatic rings. The largest absolute Gasteiger partial charge is 0.355 e. The lowest BCUT2D eigenvalue weighted by atomic mass is 9.95. The third kappa shape index (κ3) is 7.40. The van der Waals surface area contributed by atoms with Crippen molar-refractivity contribution in [1.29, 1.82) is 0 Å². The number of rotatable bonds is 9. The van der Waals surface area contributed by atoms with Gasteiger partial charge in [-0.2, -0.15) is 0 Å². The molecule has 0 bridgehead atoms. The number of carbonyl (C=O) groups is 5. The van der Waals surface area contributed by atoms with Gasteiger partial charge >= 0.3 is 5.97 Å². The van der Waals surface area contributed by atoms with Crippen LogP contribution in [0.3, 0.4) is 0 Å². The Morgan fingerprint density at radius 2 is 1.77 bits per heavy atom. The van der Waals surface area contributed by atoms with Gasteiger partial charge in [-0.1, -0.05) is 20.8 Å². The van der Waals surface area contributed by atoms with Crippen molar-refractivity contribution in [3.05, 3.63) is 0 Å². The number of hydrogen-bond acceptors (Lipinski definition) is 7. The Hall–Kier alpha value is -2.49. The molecule has 4 amide bonds. The van der Waals surface area contributed by atoms with E-state index in [1.807, 2.05) is 20.8 Å². The van der Waals surface area contributed by atoms with E-state index in [4.69, 9.17) is 4.11 Å². The summed E-state index contributed by atoms with van der Waals surface area (Å²) in [5, 5.41) is 5.37. The second kappa shape index (κ2) is 10.5. The fourth-order valence-corrected chi connectivity index (χ4v) is 3.06. The summed E-state index contributed by atoms with van der Waals surface area (Å²) < 4.78 is 25.0. The lowest BCUT2D eigenvalue weighted by Gasteiger charge is -2.30. The van der Waals surface area contributed by atoms with E-state index >= 15 is 0 Å². The number of hydroxylamine groups is 2. The summed E-state index contributed by atoms with van der Waals surface area (Å²) in [6.45, 7) is 6.29. The number of amides is 4. The van der Waals surface area contributed by atoms with E-state index in [2.05, 4.69) is 15.5 Å². The normalized spacial score (nSPS) is 25.4. The van der Waals surface area contributed by atoms with Gasteiger partial charge in [0, 0.05) is 41.6 Å². The van der Waals surface area contributed by atoms with E-state index in [-0.39, 0.29) is 57.2 Å². The van der Waals surface area contributed by atoms with Crippen molar-refractivity contribution in [1.82, 2.24) is 20.6 Å². The summed E-state index contributed by atoms with van der Waals surface area (Å²) in [6, 6.07) is -2.09. The van der Waals surface area contributed by atoms with Gasteiger partial charge in [-0.05, 0) is 24.8 Å². The third-order valence-corrected chi connectivity index (χ3v) is 4.36. The van der Waals surface area contributed by atoms with Gasteiger partial charge in [0.15, 0.2) is 0 Å². The van der Waals surface area contributed by atoms with E-state index in [0.29, 0.717) is 11.6 Å². The van der Waals surface area contributed by atoms with Crippen LogP contribution < -0.4 is 10.6 Å². The Morgan fingerprint density at radius 1 is 1.13 bits per heavy atom. The molecule has 2 fully saturated rings. The molecule has 2 saturated heterocycles. The predicted octanol–water partition coefficient (Wildman–Crippen LogP) is 0.117. The highest BCUT2D eigenvalue weighted by atomic mass is 16.7. The molecule has 1 unspecified atom stereocenters. The minimum Gasteiger partial charge on any atom is -0.355 e. The topological polar surface area (TPSA) is 125 Å². The molecule has 1 atom stereocenters. The molecule has 2 aliphatic heterocycles. The summed E-state index contributed by atoms with van der Waals surface area (Å²) in [4.78, 5) is 65.5. The van der Waals surface area contributed by atoms with Gasteiger partial charge in [0.2, 0.25) is 11.8 Å². The first-order valence-corrected chi connectivity index (χ1v) is 10.0. The first kappa shape index (κ1) is 19.5. The minimum atomic E-state index is -2.09. The van der Waals surface area contributed by atoms with Crippen LogP contribution in [0.4, 0.5) is 0 Å². The highest BCUT2D eigenvalue weighted by molar-refractivity contribution is 6.01. The van der Waals surface area contributed by atoms with Crippen LogP contribution in [0.2, 0.25) is 0 Å². The molecule has 10 nitrogen and oxygen atoms in total. The Bertz CT molecular complexity index is 800. The van der Waals surface area contributed by atoms with E-state index in [1.165, 1.54) is 4.90 Å². The zero-order chi connectivity index (χ0) is 25.0. The molecule has 2 N–H and O–H groups in total. The molecular weight excluding hydrogens is 392 g/mol. The fourth-order valence-electron chi connectivity index (χ4n) is 3.06. The number of nitrogens with one attached hydrogen (secondary N) is 2. The zero-order valence-corrected chi connectivity index (χ0v) is 17.7. The minimum absolute atomic E-state index is 0.0102. The van der Waals surface area contributed by atoms with Crippen LogP contribution >= 0.6 is 0 Å². The van der Waals surface area contributed by atoms with Crippen molar-refractivity contribution in [3.8, 4) is 0 Å². The standard InChI is InChI=1S/C20H32N4O6/c1-20(2,3)13-23-12-4-5-14(23)19(29)22-10-8-15(25)21-11-9-18(28)30-24-16(26)6-7-17(24)27/h14H,4-13H2,1-3H3,(H,21,25)(H,22,29)/i5D2,14D. The second-order valence-corrected chi connectivity index (χ2v) is 8.41. The van der Waals surface area contributed by atoms with Crippen LogP contribution in [0.15, 0.2) is 0 Å². The first-order valence-electron chi connectivity index (χ1n) is 11.5. The maximum absolute atomic E-state index is 12.7. The Labute approximate surface area is 180 Å². The molecule has 0 aliphatic carbocycles. The van der Waals surface area contributed by atoms with Gasteiger partial charge in [-0.3, -0.25) is 24.1 Å². The van der Waals surface area contributed by atoms with Crippen LogP contribution in [0.5, 0.6) is 0 Å². The molecule has 10 heteroatoms. The Kier molecular flexibility index (Phi) is 6.82. The highest BCUT2D eigenvalue weighted by Crippen LogP contribution is 2.23. The number of hydrogen-bond donors (Lipinski definition) is 2. The van der Waals surface area contributed by atoms with Crippen LogP contribution in [0.1, 0.15) is 63.4 Å². The van der Waals surface area contributed by atoms with Gasteiger partial charge in [0.25, 0.3) is 11.8 Å². The Morgan fingerprint density at radius 3 is 2.40 bits per heavy atom. The number of imide groups is 1. The fraction of sp³-hybridized carbons (Fsp3) is 0.750. The third-order valence-electron chi connectivity index (χ3n) is 4.36. The quantitative estimate of drug-likeness (QED) is 0.501. The van der Waals surface area contributed by atoms with Crippen molar-refractivity contribution < 1.29 is 32.9 Å². The Balaban J connectivity index is 1.75. The number of carbonyl (C=O) groups excluding carboxylic acids is 5. The second-order valence-electron chi connectivity index (χ2n) is 8.41. The average molecular weight is 428 g/mol. The molecule has 2 heterocycles. The van der Waals surface area contributed by atoms with Gasteiger partial charge < -0.3 is 15.5 Å². The van der Waals surface area contributed by atoms with Crippen molar-refractivity contribution in [2.24, 2.45) is 5.41 Å². The summed E-state index contributed by atoms with van der Waals surface area (Å²) in [6.07, 6.45) is -2.39. The average Bonchev–Trinajstić information content (AvgIpc) is 3.12. The molecular formula is C20H32N4O6. The van der Waals surface area contributed by atoms with Crippen LogP contribution in [-0.2, 0) is 28.8 Å². The smallest absolute Gasteiger partial charge is 0.334 e. The summed E-state index contributed by atoms with van der Waals surface area (Å²) >= 11 is 0. The molecule has 0 saturated carbocycles. The van der Waals surface area contributed by atoms with Crippen LogP contribution in [0, 0.1) is 5.41 Å². The maximum Gasteiger partial charge on any atom is 0.334 e. The van der Waals surface area contributed by atoms with Crippen molar-refractivity contribution in [2.75, 3.05) is 26.2 Å². The SMILES string of the molecule is [2H]C1([2H])CCN(CC(C)(C)C)C1([2H])C(=O)NCCC(=O)NCCC(=O)ON1C(=O)CCC1=O. The lowest BCUT2D eigenvalue weighted by molar-refractivity contribution is -0.197. The maximum atomic E-state index is 12.7. The molecule has 0 spiro atoms. The molecule has 0 radical (unpaired) electrons. The van der Waals surface area contributed by atoms with Gasteiger partial charge in [0.05, 0.1) is 13.8 Å². The molecule has 0 aromatic carbocycles. The molecule has 30 heavy (non-hydrogen) atoms. The lowest BCUT2D eigenvalue weighted by Crippen LogP contribution is -2.46. The van der Waals surface area contributed by atoms with Gasteiger partial charge in [0.1, 0.15) is 0 Å². The number of nitrogens with zero attached hydrogens (tertiary/aromatic N) is 2.